The molecule has 0 atom stereocenters. The van der Waals surface area contributed by atoms with E-state index < -0.39 is 29.0 Å². The zero-order chi connectivity index (χ0) is 14.8. The highest BCUT2D eigenvalue weighted by molar-refractivity contribution is 5.87. The van der Waals surface area contributed by atoms with E-state index in [1.54, 1.807) is 20.8 Å². The Balaban J connectivity index is 3.33. The van der Waals surface area contributed by atoms with Gasteiger partial charge in [0.2, 0.25) is 11.7 Å². The van der Waals surface area contributed by atoms with Crippen molar-refractivity contribution < 1.29 is 27.1 Å². The molecule has 0 aliphatic carbocycles. The normalized spacial score (nSPS) is 12.6. The molecule has 1 aromatic heterocycles. The Morgan fingerprint density at radius 1 is 1.32 bits per heavy atom. The van der Waals surface area contributed by atoms with Crippen LogP contribution in [0, 0.1) is 0 Å². The fourth-order valence-corrected chi connectivity index (χ4v) is 1.29. The van der Waals surface area contributed by atoms with E-state index >= 15 is 0 Å². The summed E-state index contributed by atoms with van der Waals surface area (Å²) in [4.78, 5) is 14.9. The number of rotatable bonds is 4. The Bertz CT molecular complexity index is 463. The summed E-state index contributed by atoms with van der Waals surface area (Å²) in [6.45, 7) is 6.63. The van der Waals surface area contributed by atoms with Crippen LogP contribution >= 0.6 is 0 Å². The predicted octanol–water partition coefficient (Wildman–Crippen LogP) is 3.56. The first kappa shape index (κ1) is 15.5. The third kappa shape index (κ3) is 3.27. The van der Waals surface area contributed by atoms with Crippen LogP contribution in [0.3, 0.4) is 0 Å². The van der Waals surface area contributed by atoms with Crippen LogP contribution in [0.1, 0.15) is 56.3 Å². The molecule has 1 rings (SSSR count). The quantitative estimate of drug-likeness (QED) is 0.791. The van der Waals surface area contributed by atoms with Gasteiger partial charge in [-0.05, 0) is 13.3 Å². The Morgan fingerprint density at radius 3 is 2.32 bits per heavy atom. The van der Waals surface area contributed by atoms with Gasteiger partial charge in [-0.3, -0.25) is 0 Å². The molecular weight excluding hydrogens is 263 g/mol. The van der Waals surface area contributed by atoms with Crippen LogP contribution < -0.4 is 0 Å². The van der Waals surface area contributed by atoms with Crippen molar-refractivity contribution in [1.29, 1.82) is 0 Å². The van der Waals surface area contributed by atoms with Crippen LogP contribution in [0.4, 0.5) is 13.2 Å². The number of carbonyl (C=O) groups excluding carboxylic acids is 1. The van der Waals surface area contributed by atoms with Crippen molar-refractivity contribution >= 4 is 5.97 Å². The smallest absolute Gasteiger partial charge is 0.437 e. The molecule has 0 bridgehead atoms. The monoisotopic (exact) mass is 279 g/mol. The molecular formula is C12H16F3NO3. The lowest BCUT2D eigenvalue weighted by molar-refractivity contribution is -0.141. The molecule has 0 aromatic carbocycles. The molecule has 0 aliphatic heterocycles. The molecule has 0 N–H and O–H groups in total. The number of nitrogens with zero attached hydrogens (tertiary/aromatic N) is 1. The molecule has 19 heavy (non-hydrogen) atoms. The SMILES string of the molecule is CCOC(=O)c1oc(C(C)(C)CC)nc1C(F)(F)F. The average molecular weight is 279 g/mol. The molecule has 0 radical (unpaired) electrons. The second kappa shape index (κ2) is 5.22. The summed E-state index contributed by atoms with van der Waals surface area (Å²) in [6, 6.07) is 0. The van der Waals surface area contributed by atoms with Crippen molar-refractivity contribution in [2.45, 2.75) is 45.7 Å². The van der Waals surface area contributed by atoms with Crippen molar-refractivity contribution in [3.63, 3.8) is 0 Å². The van der Waals surface area contributed by atoms with Crippen molar-refractivity contribution in [2.24, 2.45) is 0 Å². The summed E-state index contributed by atoms with van der Waals surface area (Å²) >= 11 is 0. The first-order chi connectivity index (χ1) is 8.63. The summed E-state index contributed by atoms with van der Waals surface area (Å²) < 4.78 is 48.0. The Kier molecular flexibility index (Phi) is 4.27. The van der Waals surface area contributed by atoms with E-state index in [0.717, 1.165) is 0 Å². The van der Waals surface area contributed by atoms with Crippen molar-refractivity contribution in [3.05, 3.63) is 17.3 Å². The third-order valence-electron chi connectivity index (χ3n) is 2.82. The van der Waals surface area contributed by atoms with Crippen LogP contribution in [-0.4, -0.2) is 17.6 Å². The largest absolute Gasteiger partial charge is 0.460 e. The minimum absolute atomic E-state index is 0.0384. The summed E-state index contributed by atoms with van der Waals surface area (Å²) in [5.74, 6) is -2.16. The van der Waals surface area contributed by atoms with E-state index in [9.17, 15) is 18.0 Å². The summed E-state index contributed by atoms with van der Waals surface area (Å²) in [7, 11) is 0. The zero-order valence-corrected chi connectivity index (χ0v) is 11.2. The molecule has 0 spiro atoms. The van der Waals surface area contributed by atoms with Gasteiger partial charge >= 0.3 is 12.1 Å². The van der Waals surface area contributed by atoms with Crippen LogP contribution in [0.25, 0.3) is 0 Å². The van der Waals surface area contributed by atoms with Gasteiger partial charge in [0, 0.05) is 5.41 Å². The van der Waals surface area contributed by atoms with Gasteiger partial charge in [-0.25, -0.2) is 9.78 Å². The minimum atomic E-state index is -4.76. The zero-order valence-electron chi connectivity index (χ0n) is 11.2. The van der Waals surface area contributed by atoms with Crippen molar-refractivity contribution in [2.75, 3.05) is 6.61 Å². The third-order valence-corrected chi connectivity index (χ3v) is 2.82. The first-order valence-corrected chi connectivity index (χ1v) is 5.89. The van der Waals surface area contributed by atoms with E-state index in [0.29, 0.717) is 6.42 Å². The molecule has 1 aromatic rings. The number of oxazole rings is 1. The van der Waals surface area contributed by atoms with Gasteiger partial charge in [-0.15, -0.1) is 0 Å². The lowest BCUT2D eigenvalue weighted by Crippen LogP contribution is -2.17. The van der Waals surface area contributed by atoms with Crippen LogP contribution in [0.5, 0.6) is 0 Å². The number of aromatic nitrogens is 1. The number of carbonyl (C=O) groups is 1. The van der Waals surface area contributed by atoms with E-state index in [4.69, 9.17) is 4.42 Å². The molecule has 108 valence electrons. The van der Waals surface area contributed by atoms with Gasteiger partial charge in [0.15, 0.2) is 5.69 Å². The second-order valence-corrected chi connectivity index (χ2v) is 4.65. The molecule has 0 amide bonds. The van der Waals surface area contributed by atoms with Gasteiger partial charge in [-0.1, -0.05) is 20.8 Å². The minimum Gasteiger partial charge on any atom is -0.460 e. The number of esters is 1. The molecule has 0 unspecified atom stereocenters. The molecule has 0 saturated carbocycles. The number of halogens is 3. The Morgan fingerprint density at radius 2 is 1.89 bits per heavy atom. The fourth-order valence-electron chi connectivity index (χ4n) is 1.29. The highest BCUT2D eigenvalue weighted by Crippen LogP contribution is 2.36. The van der Waals surface area contributed by atoms with Crippen LogP contribution in [0.15, 0.2) is 4.42 Å². The highest BCUT2D eigenvalue weighted by Gasteiger charge is 2.43. The number of hydrogen-bond acceptors (Lipinski definition) is 4. The highest BCUT2D eigenvalue weighted by atomic mass is 19.4. The lowest BCUT2D eigenvalue weighted by atomic mass is 9.90. The van der Waals surface area contributed by atoms with Crippen LogP contribution in [0.2, 0.25) is 0 Å². The first-order valence-electron chi connectivity index (χ1n) is 5.89. The summed E-state index contributed by atoms with van der Waals surface area (Å²) in [5.41, 5.74) is -2.02. The van der Waals surface area contributed by atoms with E-state index in [2.05, 4.69) is 9.72 Å². The average Bonchev–Trinajstić information content (AvgIpc) is 2.74. The van der Waals surface area contributed by atoms with E-state index in [-0.39, 0.29) is 12.5 Å². The van der Waals surface area contributed by atoms with E-state index in [1.165, 1.54) is 6.92 Å². The van der Waals surface area contributed by atoms with Crippen molar-refractivity contribution in [1.82, 2.24) is 4.98 Å². The van der Waals surface area contributed by atoms with E-state index in [1.807, 2.05) is 0 Å². The van der Waals surface area contributed by atoms with Gasteiger partial charge in [0.25, 0.3) is 0 Å². The van der Waals surface area contributed by atoms with Gasteiger partial charge in [0.1, 0.15) is 0 Å². The molecule has 7 heteroatoms. The van der Waals surface area contributed by atoms with Gasteiger partial charge in [0.05, 0.1) is 6.61 Å². The Labute approximate surface area is 109 Å². The number of hydrogen-bond donors (Lipinski definition) is 0. The molecule has 1 heterocycles. The summed E-state index contributed by atoms with van der Waals surface area (Å²) in [5, 5.41) is 0. The topological polar surface area (TPSA) is 52.3 Å². The molecule has 4 nitrogen and oxygen atoms in total. The maximum atomic E-state index is 12.8. The second-order valence-electron chi connectivity index (χ2n) is 4.65. The Hall–Kier alpha value is -1.53. The maximum absolute atomic E-state index is 12.8. The molecule has 0 saturated heterocycles. The standard InChI is InChI=1S/C12H16F3NO3/c1-5-11(3,4)10-16-8(12(13,14)15)7(19-10)9(17)18-6-2/h5-6H2,1-4H3. The van der Waals surface area contributed by atoms with Crippen LogP contribution in [-0.2, 0) is 16.3 Å². The predicted molar refractivity (Wildman–Crippen MR) is 60.8 cm³/mol. The molecule has 0 fully saturated rings. The van der Waals surface area contributed by atoms with Gasteiger partial charge < -0.3 is 9.15 Å². The molecule has 0 aliphatic rings. The number of alkyl halides is 3. The summed E-state index contributed by atoms with van der Waals surface area (Å²) in [6.07, 6.45) is -4.24. The maximum Gasteiger partial charge on any atom is 0.437 e. The lowest BCUT2D eigenvalue weighted by Gasteiger charge is -2.17. The number of ether oxygens (including phenoxy) is 1. The van der Waals surface area contributed by atoms with Gasteiger partial charge in [-0.2, -0.15) is 13.2 Å². The van der Waals surface area contributed by atoms with Crippen molar-refractivity contribution in [3.8, 4) is 0 Å². The fraction of sp³-hybridized carbons (Fsp3) is 0.667.